The van der Waals surface area contributed by atoms with Gasteiger partial charge < -0.3 is 9.90 Å². The number of likely N-dealkylation sites (N-methyl/N-ethyl adjacent to an activating group) is 1. The summed E-state index contributed by atoms with van der Waals surface area (Å²) in [6.45, 7) is 4.36. The molecule has 0 rings (SSSR count). The molecule has 0 aliphatic carbocycles. The van der Waals surface area contributed by atoms with Crippen LogP contribution in [0.4, 0.5) is 0 Å². The van der Waals surface area contributed by atoms with E-state index in [9.17, 15) is 9.90 Å². The van der Waals surface area contributed by atoms with Crippen LogP contribution in [0.1, 0.15) is 104 Å². The Morgan fingerprint density at radius 1 is 0.750 bits per heavy atom. The van der Waals surface area contributed by atoms with Crippen LogP contribution in [0.25, 0.3) is 0 Å². The van der Waals surface area contributed by atoms with Crippen LogP contribution in [-0.4, -0.2) is 30.5 Å². The van der Waals surface area contributed by atoms with E-state index in [0.717, 1.165) is 32.1 Å². The van der Waals surface area contributed by atoms with Gasteiger partial charge in [0.15, 0.2) is 0 Å². The zero-order chi connectivity index (χ0) is 17.6. The summed E-state index contributed by atoms with van der Waals surface area (Å²) in [5, 5.41) is 11.7. The van der Waals surface area contributed by atoms with E-state index in [1.54, 1.807) is 0 Å². The van der Waals surface area contributed by atoms with E-state index in [4.69, 9.17) is 0 Å². The van der Waals surface area contributed by atoms with Crippen LogP contribution in [0.2, 0.25) is 0 Å². The van der Waals surface area contributed by atoms with Crippen molar-refractivity contribution in [1.29, 1.82) is 0 Å². The maximum atomic E-state index is 11.7. The summed E-state index contributed by atoms with van der Waals surface area (Å²) in [5.74, 6) is -0.896. The topological polar surface area (TPSA) is 43.4 Å². The maximum Gasteiger partial charge on any atom is 1.00 e. The minimum Gasteiger partial charge on any atom is -0.548 e. The van der Waals surface area contributed by atoms with Crippen molar-refractivity contribution in [2.24, 2.45) is 0 Å². The van der Waals surface area contributed by atoms with E-state index >= 15 is 0 Å². The number of hydrogen-bond donors (Lipinski definition) is 0. The van der Waals surface area contributed by atoms with Crippen LogP contribution in [0.3, 0.4) is 0 Å². The fourth-order valence-electron chi connectivity index (χ4n) is 3.33. The molecule has 0 aromatic rings. The molecular formula is C20H40NNaO2. The fraction of sp³-hybridized carbons (Fsp3) is 0.950. The van der Waals surface area contributed by atoms with Gasteiger partial charge in [0, 0.05) is 0 Å². The second kappa shape index (κ2) is 16.9. The first-order chi connectivity index (χ1) is 11.0. The maximum absolute atomic E-state index is 11.7. The molecule has 0 saturated carbocycles. The van der Waals surface area contributed by atoms with Crippen molar-refractivity contribution in [3.63, 3.8) is 0 Å². The van der Waals surface area contributed by atoms with Crippen molar-refractivity contribution in [3.8, 4) is 0 Å². The predicted molar refractivity (Wildman–Crippen MR) is 97.4 cm³/mol. The van der Waals surface area contributed by atoms with E-state index in [1.165, 1.54) is 51.4 Å². The zero-order valence-electron chi connectivity index (χ0n) is 17.2. The van der Waals surface area contributed by atoms with Crippen molar-refractivity contribution in [2.75, 3.05) is 14.1 Å². The number of nitrogens with zero attached hydrogens (tertiary/aromatic N) is 1. The average Bonchev–Trinajstić information content (AvgIpc) is 2.51. The fourth-order valence-corrected chi connectivity index (χ4v) is 3.33. The largest absolute Gasteiger partial charge is 1.00 e. The summed E-state index contributed by atoms with van der Waals surface area (Å²) in [7, 11) is 3.75. The Hall–Kier alpha value is 0.430. The van der Waals surface area contributed by atoms with Gasteiger partial charge >= 0.3 is 29.6 Å². The molecule has 24 heavy (non-hydrogen) atoms. The molecule has 0 N–H and O–H groups in total. The van der Waals surface area contributed by atoms with Crippen LogP contribution in [0.15, 0.2) is 0 Å². The first-order valence-corrected chi connectivity index (χ1v) is 9.90. The molecule has 0 radical (unpaired) electrons. The Morgan fingerprint density at radius 2 is 1.12 bits per heavy atom. The van der Waals surface area contributed by atoms with Gasteiger partial charge in [0.05, 0.1) is 11.5 Å². The van der Waals surface area contributed by atoms with E-state index in [2.05, 4.69) is 13.8 Å². The van der Waals surface area contributed by atoms with Crippen LogP contribution in [-0.2, 0) is 4.79 Å². The van der Waals surface area contributed by atoms with Crippen LogP contribution in [0, 0.1) is 0 Å². The Morgan fingerprint density at radius 3 is 1.50 bits per heavy atom. The minimum atomic E-state index is -0.896. The number of aliphatic carboxylic acids is 1. The molecule has 0 amide bonds. The molecule has 0 bridgehead atoms. The molecule has 1 atom stereocenters. The first kappa shape index (κ1) is 26.7. The third-order valence-corrected chi connectivity index (χ3v) is 5.12. The standard InChI is InChI=1S/C20H41NO2.Na/c1-5-7-9-10-11-12-13-14-15-16-18-20(19(22)23,21(3)4)17-8-6-2;/h5-18H2,1-4H3,(H,22,23);/q;+1/p-1. The van der Waals surface area contributed by atoms with Gasteiger partial charge in [-0.1, -0.05) is 90.9 Å². The third-order valence-electron chi connectivity index (χ3n) is 5.12. The number of rotatable bonds is 16. The monoisotopic (exact) mass is 349 g/mol. The Balaban J connectivity index is 0. The van der Waals surface area contributed by atoms with Gasteiger partial charge in [0.25, 0.3) is 0 Å². The molecule has 0 aliphatic heterocycles. The van der Waals surface area contributed by atoms with Gasteiger partial charge in [0.2, 0.25) is 0 Å². The van der Waals surface area contributed by atoms with Crippen LogP contribution < -0.4 is 34.7 Å². The second-order valence-electron chi connectivity index (χ2n) is 7.25. The average molecular weight is 350 g/mol. The number of carboxylic acids is 1. The molecule has 0 saturated heterocycles. The minimum absolute atomic E-state index is 0. The summed E-state index contributed by atoms with van der Waals surface area (Å²) in [5.41, 5.74) is -0.768. The van der Waals surface area contributed by atoms with Gasteiger partial charge in [-0.15, -0.1) is 0 Å². The molecule has 138 valence electrons. The summed E-state index contributed by atoms with van der Waals surface area (Å²) in [6.07, 6.45) is 16.2. The van der Waals surface area contributed by atoms with Crippen molar-refractivity contribution in [2.45, 2.75) is 109 Å². The molecule has 0 aromatic carbocycles. The third kappa shape index (κ3) is 11.1. The number of carbonyl (C=O) groups excluding carboxylic acids is 1. The van der Waals surface area contributed by atoms with Crippen LogP contribution >= 0.6 is 0 Å². The van der Waals surface area contributed by atoms with Crippen molar-refractivity contribution in [1.82, 2.24) is 4.90 Å². The molecule has 0 fully saturated rings. The molecule has 0 spiro atoms. The molecule has 4 heteroatoms. The van der Waals surface area contributed by atoms with Gasteiger partial charge in [-0.2, -0.15) is 0 Å². The van der Waals surface area contributed by atoms with Crippen molar-refractivity contribution >= 4 is 5.97 Å². The smallest absolute Gasteiger partial charge is 0.548 e. The SMILES string of the molecule is CCCCCCCCCCCCC(CCCC)(C(=O)[O-])N(C)C.[Na+]. The first-order valence-electron chi connectivity index (χ1n) is 9.90. The molecular weight excluding hydrogens is 309 g/mol. The van der Waals surface area contributed by atoms with Gasteiger partial charge in [-0.05, 0) is 26.9 Å². The number of carbonyl (C=O) groups is 1. The van der Waals surface area contributed by atoms with E-state index in [-0.39, 0.29) is 29.6 Å². The summed E-state index contributed by atoms with van der Waals surface area (Å²) < 4.78 is 0. The summed E-state index contributed by atoms with van der Waals surface area (Å²) in [4.78, 5) is 13.6. The molecule has 1 unspecified atom stereocenters. The zero-order valence-corrected chi connectivity index (χ0v) is 19.2. The Kier molecular flexibility index (Phi) is 18.7. The van der Waals surface area contributed by atoms with Crippen molar-refractivity contribution in [3.05, 3.63) is 0 Å². The molecule has 0 heterocycles. The quantitative estimate of drug-likeness (QED) is 0.314. The van der Waals surface area contributed by atoms with Gasteiger partial charge in [0.1, 0.15) is 0 Å². The van der Waals surface area contributed by atoms with Crippen LogP contribution in [0.5, 0.6) is 0 Å². The molecule has 0 aliphatic rings. The Labute approximate surface area is 173 Å². The summed E-state index contributed by atoms with van der Waals surface area (Å²) in [6, 6.07) is 0. The Bertz CT molecular complexity index is 297. The van der Waals surface area contributed by atoms with E-state index < -0.39 is 11.5 Å². The second-order valence-corrected chi connectivity index (χ2v) is 7.25. The van der Waals surface area contributed by atoms with Crippen molar-refractivity contribution < 1.29 is 39.5 Å². The van der Waals surface area contributed by atoms with E-state index in [1.807, 2.05) is 19.0 Å². The normalized spacial score (nSPS) is 13.5. The number of hydrogen-bond acceptors (Lipinski definition) is 3. The number of unbranched alkanes of at least 4 members (excludes halogenated alkanes) is 10. The molecule has 3 nitrogen and oxygen atoms in total. The predicted octanol–water partition coefficient (Wildman–Crippen LogP) is 1.54. The number of carboxylic acid groups (broad SMARTS) is 1. The van der Waals surface area contributed by atoms with E-state index in [0.29, 0.717) is 6.42 Å². The molecule has 0 aromatic heterocycles. The van der Waals surface area contributed by atoms with Gasteiger partial charge in [-0.3, -0.25) is 4.90 Å². The summed E-state index contributed by atoms with van der Waals surface area (Å²) >= 11 is 0. The van der Waals surface area contributed by atoms with Gasteiger partial charge in [-0.25, -0.2) is 0 Å².